The van der Waals surface area contributed by atoms with Crippen LogP contribution in [-0.4, -0.2) is 53.2 Å². The van der Waals surface area contributed by atoms with Crippen molar-refractivity contribution in [3.63, 3.8) is 0 Å². The minimum absolute atomic E-state index is 0.0299. The molecule has 2 aromatic carbocycles. The summed E-state index contributed by atoms with van der Waals surface area (Å²) in [6.45, 7) is 3.37. The van der Waals surface area contributed by atoms with Gasteiger partial charge in [0.05, 0.1) is 24.8 Å². The summed E-state index contributed by atoms with van der Waals surface area (Å²) in [5, 5.41) is 20.2. The van der Waals surface area contributed by atoms with Gasteiger partial charge in [-0.2, -0.15) is 0 Å². The number of aliphatic hydroxyl groups excluding tert-OH is 2. The Labute approximate surface area is 193 Å². The summed E-state index contributed by atoms with van der Waals surface area (Å²) >= 11 is 0. The number of ketones is 1. The molecule has 2 heterocycles. The molecule has 0 radical (unpaired) electrons. The lowest BCUT2D eigenvalue weighted by atomic mass is 9.94. The van der Waals surface area contributed by atoms with Crippen molar-refractivity contribution < 1.29 is 29.3 Å². The second-order valence-electron chi connectivity index (χ2n) is 8.27. The molecular weight excluding hydrogens is 422 g/mol. The van der Waals surface area contributed by atoms with Crippen LogP contribution in [0.1, 0.15) is 48.9 Å². The molecule has 0 aromatic heterocycles. The quantitative estimate of drug-likeness (QED) is 0.276. The Morgan fingerprint density at radius 1 is 1.21 bits per heavy atom. The third-order valence-corrected chi connectivity index (χ3v) is 5.93. The topological polar surface area (TPSA) is 96.3 Å². The average Bonchev–Trinajstić information content (AvgIpc) is 3.09. The van der Waals surface area contributed by atoms with E-state index >= 15 is 0 Å². The van der Waals surface area contributed by atoms with Gasteiger partial charge in [0.1, 0.15) is 17.3 Å². The summed E-state index contributed by atoms with van der Waals surface area (Å²) in [6, 6.07) is 11.8. The van der Waals surface area contributed by atoms with Crippen LogP contribution in [0.15, 0.2) is 48.0 Å². The summed E-state index contributed by atoms with van der Waals surface area (Å²) in [7, 11) is 0. The number of carbonyl (C=O) groups is 2. The van der Waals surface area contributed by atoms with Crippen LogP contribution in [0.3, 0.4) is 0 Å². The first kappa shape index (κ1) is 22.9. The Bertz CT molecular complexity index is 1080. The molecule has 2 aliphatic rings. The van der Waals surface area contributed by atoms with E-state index in [-0.39, 0.29) is 17.9 Å². The van der Waals surface area contributed by atoms with Crippen LogP contribution < -0.4 is 9.47 Å². The van der Waals surface area contributed by atoms with E-state index in [9.17, 15) is 14.7 Å². The molecule has 0 saturated carbocycles. The van der Waals surface area contributed by atoms with E-state index in [2.05, 4.69) is 0 Å². The summed E-state index contributed by atoms with van der Waals surface area (Å²) in [4.78, 5) is 27.5. The molecule has 1 saturated heterocycles. The first-order valence-corrected chi connectivity index (χ1v) is 11.4. The first-order chi connectivity index (χ1) is 16.0. The SMILES string of the molecule is CCCN1C(=O)C(=O)/C(=C(\O)c2ccc3c(c2)CCCO3)C1c1cccc(OCCCO)c1. The van der Waals surface area contributed by atoms with Gasteiger partial charge in [-0.15, -0.1) is 0 Å². The standard InChI is InChI=1S/C26H29NO6/c1-2-11-27-23(18-6-3-8-20(16-18)32-14-5-12-28)22(25(30)26(27)31)24(29)19-9-10-21-17(15-19)7-4-13-33-21/h3,6,8-10,15-16,23,28-29H,2,4-5,7,11-14H2,1H3/b24-22-. The number of carbonyl (C=O) groups excluding carboxylic acids is 2. The molecule has 7 nitrogen and oxygen atoms in total. The Morgan fingerprint density at radius 3 is 2.85 bits per heavy atom. The van der Waals surface area contributed by atoms with Crippen molar-refractivity contribution in [2.75, 3.05) is 26.4 Å². The van der Waals surface area contributed by atoms with Gasteiger partial charge in [0.2, 0.25) is 0 Å². The zero-order chi connectivity index (χ0) is 23.4. The van der Waals surface area contributed by atoms with Crippen molar-refractivity contribution in [3.05, 3.63) is 64.7 Å². The third kappa shape index (κ3) is 4.59. The number of aliphatic hydroxyl groups is 2. The molecule has 1 amide bonds. The minimum Gasteiger partial charge on any atom is -0.507 e. The lowest BCUT2D eigenvalue weighted by molar-refractivity contribution is -0.139. The zero-order valence-corrected chi connectivity index (χ0v) is 18.8. The minimum atomic E-state index is -0.710. The van der Waals surface area contributed by atoms with E-state index in [0.29, 0.717) is 49.5 Å². The van der Waals surface area contributed by atoms with Crippen LogP contribution in [0.2, 0.25) is 0 Å². The van der Waals surface area contributed by atoms with Crippen LogP contribution in [0.4, 0.5) is 0 Å². The predicted octanol–water partition coefficient (Wildman–Crippen LogP) is 3.60. The number of benzene rings is 2. The number of ether oxygens (including phenoxy) is 2. The third-order valence-electron chi connectivity index (χ3n) is 5.93. The van der Waals surface area contributed by atoms with Gasteiger partial charge < -0.3 is 24.6 Å². The fourth-order valence-corrected chi connectivity index (χ4v) is 4.39. The summed E-state index contributed by atoms with van der Waals surface area (Å²) < 4.78 is 11.4. The number of rotatable bonds is 8. The van der Waals surface area contributed by atoms with E-state index in [1.807, 2.05) is 19.1 Å². The van der Waals surface area contributed by atoms with Crippen molar-refractivity contribution in [2.45, 2.75) is 38.6 Å². The number of likely N-dealkylation sites (tertiary alicyclic amines) is 1. The maximum absolute atomic E-state index is 13.1. The van der Waals surface area contributed by atoms with E-state index in [0.717, 1.165) is 24.2 Å². The van der Waals surface area contributed by atoms with Gasteiger partial charge in [-0.3, -0.25) is 9.59 Å². The number of aryl methyl sites for hydroxylation is 1. The number of fused-ring (bicyclic) bond motifs is 1. The molecule has 174 valence electrons. The Hall–Kier alpha value is -3.32. The second kappa shape index (κ2) is 10.1. The Balaban J connectivity index is 1.77. The molecule has 1 unspecified atom stereocenters. The predicted molar refractivity (Wildman–Crippen MR) is 123 cm³/mol. The molecule has 4 rings (SSSR count). The molecule has 2 N–H and O–H groups in total. The van der Waals surface area contributed by atoms with E-state index < -0.39 is 17.7 Å². The van der Waals surface area contributed by atoms with Crippen LogP contribution in [0, 0.1) is 0 Å². The highest BCUT2D eigenvalue weighted by atomic mass is 16.5. The van der Waals surface area contributed by atoms with Crippen molar-refractivity contribution >= 4 is 17.4 Å². The molecule has 0 aliphatic carbocycles. The number of hydrogen-bond acceptors (Lipinski definition) is 6. The van der Waals surface area contributed by atoms with E-state index in [1.54, 1.807) is 30.3 Å². The number of Topliss-reactive ketones (excluding diaryl/α,β-unsaturated/α-hetero) is 1. The molecule has 2 aromatic rings. The van der Waals surface area contributed by atoms with E-state index in [4.69, 9.17) is 14.6 Å². The van der Waals surface area contributed by atoms with Crippen LogP contribution in [0.25, 0.3) is 5.76 Å². The van der Waals surface area contributed by atoms with Crippen molar-refractivity contribution in [2.24, 2.45) is 0 Å². The number of amides is 1. The van der Waals surface area contributed by atoms with Crippen molar-refractivity contribution in [3.8, 4) is 11.5 Å². The highest BCUT2D eigenvalue weighted by molar-refractivity contribution is 6.46. The Morgan fingerprint density at radius 2 is 2.06 bits per heavy atom. The van der Waals surface area contributed by atoms with Crippen molar-refractivity contribution in [1.29, 1.82) is 0 Å². The molecular formula is C26H29NO6. The maximum Gasteiger partial charge on any atom is 0.295 e. The zero-order valence-electron chi connectivity index (χ0n) is 18.8. The fourth-order valence-electron chi connectivity index (χ4n) is 4.39. The number of hydrogen-bond donors (Lipinski definition) is 2. The maximum atomic E-state index is 13.1. The highest BCUT2D eigenvalue weighted by Gasteiger charge is 2.45. The lowest BCUT2D eigenvalue weighted by Gasteiger charge is -2.25. The fraction of sp³-hybridized carbons (Fsp3) is 0.385. The van der Waals surface area contributed by atoms with Gasteiger partial charge in [0, 0.05) is 25.1 Å². The Kier molecular flexibility index (Phi) is 6.99. The summed E-state index contributed by atoms with van der Waals surface area (Å²) in [5.41, 5.74) is 2.24. The van der Waals surface area contributed by atoms with E-state index in [1.165, 1.54) is 4.90 Å². The van der Waals surface area contributed by atoms with Gasteiger partial charge in [-0.25, -0.2) is 0 Å². The molecule has 1 fully saturated rings. The highest BCUT2D eigenvalue weighted by Crippen LogP contribution is 2.41. The molecule has 1 atom stereocenters. The molecule has 2 aliphatic heterocycles. The largest absolute Gasteiger partial charge is 0.507 e. The summed E-state index contributed by atoms with van der Waals surface area (Å²) in [5.74, 6) is -0.123. The van der Waals surface area contributed by atoms with Gasteiger partial charge in [0.15, 0.2) is 0 Å². The van der Waals surface area contributed by atoms with Gasteiger partial charge in [-0.1, -0.05) is 19.1 Å². The smallest absolute Gasteiger partial charge is 0.295 e. The number of nitrogens with zero attached hydrogens (tertiary/aromatic N) is 1. The van der Waals surface area contributed by atoms with Crippen molar-refractivity contribution in [1.82, 2.24) is 4.90 Å². The van der Waals surface area contributed by atoms with Crippen LogP contribution in [0.5, 0.6) is 11.5 Å². The van der Waals surface area contributed by atoms with Gasteiger partial charge >= 0.3 is 0 Å². The lowest BCUT2D eigenvalue weighted by Crippen LogP contribution is -2.30. The van der Waals surface area contributed by atoms with Gasteiger partial charge in [0.25, 0.3) is 11.7 Å². The average molecular weight is 452 g/mol. The molecule has 0 spiro atoms. The van der Waals surface area contributed by atoms with Crippen LogP contribution >= 0.6 is 0 Å². The first-order valence-electron chi connectivity index (χ1n) is 11.4. The molecule has 7 heteroatoms. The van der Waals surface area contributed by atoms with Crippen LogP contribution in [-0.2, 0) is 16.0 Å². The monoisotopic (exact) mass is 451 g/mol. The molecule has 0 bridgehead atoms. The second-order valence-corrected chi connectivity index (χ2v) is 8.27. The summed E-state index contributed by atoms with van der Waals surface area (Å²) in [6.07, 6.45) is 2.89. The normalized spacial score (nSPS) is 19.3. The van der Waals surface area contributed by atoms with Gasteiger partial charge in [-0.05, 0) is 60.7 Å². The molecule has 33 heavy (non-hydrogen) atoms.